The van der Waals surface area contributed by atoms with Crippen LogP contribution >= 0.6 is 0 Å². The van der Waals surface area contributed by atoms with Crippen molar-refractivity contribution < 1.29 is 39.5 Å². The van der Waals surface area contributed by atoms with Crippen LogP contribution in [0.15, 0.2) is 66.2 Å². The quantitative estimate of drug-likeness (QED) is 0.266. The summed E-state index contributed by atoms with van der Waals surface area (Å²) in [6, 6.07) is 16.4. The number of carbonyl (C=O) groups is 4. The van der Waals surface area contributed by atoms with Crippen molar-refractivity contribution in [2.75, 3.05) is 28.4 Å². The van der Waals surface area contributed by atoms with E-state index in [1.54, 1.807) is 60.7 Å². The Bertz CT molecular complexity index is 1140. The lowest BCUT2D eigenvalue weighted by atomic mass is 9.73. The molecule has 2 aromatic carbocycles. The Hall–Kier alpha value is -4.38. The predicted octanol–water partition coefficient (Wildman–Crippen LogP) is 2.42. The smallest absolute Gasteiger partial charge is 0.340 e. The molecule has 8 heteroatoms. The maximum atomic E-state index is 13.3. The zero-order valence-electron chi connectivity index (χ0n) is 20.1. The molecule has 0 fully saturated rings. The Kier molecular flexibility index (Phi) is 8.58. The molecule has 0 heterocycles. The molecule has 0 aliphatic rings. The number of ether oxygens (including phenoxy) is 4. The summed E-state index contributed by atoms with van der Waals surface area (Å²) in [6.07, 6.45) is 1.15. The zero-order valence-corrected chi connectivity index (χ0v) is 19.1. The van der Waals surface area contributed by atoms with E-state index in [1.165, 1.54) is 0 Å². The second-order valence-electron chi connectivity index (χ2n) is 6.68. The fraction of sp³-hybridized carbons (Fsp3) is 0.231. The van der Waals surface area contributed by atoms with Crippen molar-refractivity contribution >= 4 is 30.0 Å². The average molecular weight is 465 g/mol. The van der Waals surface area contributed by atoms with E-state index in [-0.39, 0.29) is 0 Å². The van der Waals surface area contributed by atoms with Crippen LogP contribution in [-0.4, -0.2) is 52.3 Å². The van der Waals surface area contributed by atoms with Gasteiger partial charge >= 0.3 is 23.9 Å². The van der Waals surface area contributed by atoms with Gasteiger partial charge < -0.3 is 18.9 Å². The van der Waals surface area contributed by atoms with E-state index in [9.17, 15) is 19.2 Å². The van der Waals surface area contributed by atoms with Crippen LogP contribution in [0.3, 0.4) is 0 Å². The van der Waals surface area contributed by atoms with Crippen molar-refractivity contribution in [1.29, 1.82) is 0 Å². The number of carbonyl (C=O) groups excluding carboxylic acids is 4. The normalized spacial score (nSPS) is 11.8. The minimum absolute atomic E-state index is 0.339. The van der Waals surface area contributed by atoms with E-state index < -0.39 is 40.8 Å². The first-order valence-corrected chi connectivity index (χ1v) is 9.91. The topological polar surface area (TPSA) is 105 Å². The summed E-state index contributed by atoms with van der Waals surface area (Å²) in [7, 11) is 3.88. The highest BCUT2D eigenvalue weighted by atomic mass is 16.6. The lowest BCUT2D eigenvalue weighted by Gasteiger charge is -2.29. The predicted molar refractivity (Wildman–Crippen MR) is 122 cm³/mol. The van der Waals surface area contributed by atoms with Crippen molar-refractivity contribution in [2.24, 2.45) is 11.3 Å². The number of benzene rings is 2. The molecule has 0 N–H and O–H groups in total. The van der Waals surface area contributed by atoms with Crippen molar-refractivity contribution in [3.05, 3.63) is 77.4 Å². The third kappa shape index (κ3) is 5.51. The van der Waals surface area contributed by atoms with E-state index in [1.807, 2.05) is 0 Å². The highest BCUT2D eigenvalue weighted by molar-refractivity contribution is 6.12. The molecule has 0 saturated heterocycles. The molecular formula is C26H24O8. The van der Waals surface area contributed by atoms with Gasteiger partial charge in [-0.25, -0.2) is 9.59 Å². The summed E-state index contributed by atoms with van der Waals surface area (Å²) < 4.78 is 28.2. The van der Waals surface area contributed by atoms with Crippen molar-refractivity contribution in [3.63, 3.8) is 0 Å². The zero-order chi connectivity index (χ0) is 26.1. The van der Waals surface area contributed by atoms with Gasteiger partial charge in [0, 0.05) is 5.56 Å². The maximum Gasteiger partial charge on any atom is 0.340 e. The van der Waals surface area contributed by atoms with E-state index in [0.717, 1.165) is 34.5 Å². The van der Waals surface area contributed by atoms with Gasteiger partial charge in [-0.05, 0) is 23.3 Å². The molecule has 0 bridgehead atoms. The SMILES string of the molecule is [2H]C(C(=O)OC)(C(=O)OC)/C(=C\c1ccccc1)C(C#Cc1ccccc1)(C(=O)OC)C(=O)OC. The number of hydrogen-bond acceptors (Lipinski definition) is 8. The third-order valence-corrected chi connectivity index (χ3v) is 4.71. The number of hydrogen-bond donors (Lipinski definition) is 0. The second-order valence-corrected chi connectivity index (χ2v) is 6.68. The Balaban J connectivity index is 3.10. The standard InChI is InChI=1S/C26H24O8/c1-31-22(27)21(23(28)32-2)20(17-19-13-9-6-10-14-19)26(24(29)33-3,25(30)34-4)16-15-18-11-7-5-8-12-18/h5-14,17,21H,1-4H3/b20-17+/i21D. The fourth-order valence-electron chi connectivity index (χ4n) is 3.06. The van der Waals surface area contributed by atoms with E-state index >= 15 is 0 Å². The Labute approximate surface area is 198 Å². The van der Waals surface area contributed by atoms with Crippen LogP contribution in [0.5, 0.6) is 0 Å². The average Bonchev–Trinajstić information content (AvgIpc) is 2.91. The van der Waals surface area contributed by atoms with Gasteiger partial charge in [-0.2, -0.15) is 0 Å². The van der Waals surface area contributed by atoms with Gasteiger partial charge in [0.15, 0.2) is 5.89 Å². The molecule has 2 rings (SSSR count). The second kappa shape index (κ2) is 12.0. The molecule has 0 aromatic heterocycles. The largest absolute Gasteiger partial charge is 0.468 e. The van der Waals surface area contributed by atoms with Gasteiger partial charge in [0.25, 0.3) is 0 Å². The summed E-state index contributed by atoms with van der Waals surface area (Å²) in [4.78, 5) is 52.4. The Morgan fingerprint density at radius 2 is 1.26 bits per heavy atom. The molecule has 34 heavy (non-hydrogen) atoms. The monoisotopic (exact) mass is 465 g/mol. The number of rotatable bonds is 7. The molecule has 0 aliphatic heterocycles. The van der Waals surface area contributed by atoms with Crippen LogP contribution in [0.4, 0.5) is 0 Å². The van der Waals surface area contributed by atoms with E-state index in [2.05, 4.69) is 11.8 Å². The van der Waals surface area contributed by atoms with Gasteiger partial charge in [0.2, 0.25) is 5.41 Å². The fourth-order valence-corrected chi connectivity index (χ4v) is 3.06. The Morgan fingerprint density at radius 1 is 0.794 bits per heavy atom. The molecule has 0 saturated carbocycles. The number of esters is 4. The van der Waals surface area contributed by atoms with Crippen LogP contribution in [0.2, 0.25) is 0 Å². The summed E-state index contributed by atoms with van der Waals surface area (Å²) in [5.74, 6) is -3.19. The van der Waals surface area contributed by atoms with Crippen LogP contribution in [0.25, 0.3) is 6.08 Å². The molecule has 0 spiro atoms. The first-order chi connectivity index (χ1) is 16.7. The molecule has 8 nitrogen and oxygen atoms in total. The molecule has 176 valence electrons. The van der Waals surface area contributed by atoms with E-state index in [0.29, 0.717) is 11.1 Å². The van der Waals surface area contributed by atoms with Crippen LogP contribution < -0.4 is 0 Å². The lowest BCUT2D eigenvalue weighted by molar-refractivity contribution is -0.163. The summed E-state index contributed by atoms with van der Waals surface area (Å²) in [5, 5.41) is 0. The summed E-state index contributed by atoms with van der Waals surface area (Å²) in [5.41, 5.74) is -2.67. The third-order valence-electron chi connectivity index (χ3n) is 4.71. The summed E-state index contributed by atoms with van der Waals surface area (Å²) in [6.45, 7) is 0. The van der Waals surface area contributed by atoms with Crippen molar-refractivity contribution in [2.45, 2.75) is 0 Å². The molecule has 2 aromatic rings. The molecule has 0 amide bonds. The molecule has 0 unspecified atom stereocenters. The van der Waals surface area contributed by atoms with Crippen LogP contribution in [0, 0.1) is 23.1 Å². The summed E-state index contributed by atoms with van der Waals surface area (Å²) >= 11 is 0. The first-order valence-electron chi connectivity index (χ1n) is 10.4. The van der Waals surface area contributed by atoms with Gasteiger partial charge in [-0.1, -0.05) is 66.4 Å². The molecular weight excluding hydrogens is 440 g/mol. The van der Waals surface area contributed by atoms with Gasteiger partial charge in [-0.3, -0.25) is 9.59 Å². The van der Waals surface area contributed by atoms with Gasteiger partial charge in [-0.15, -0.1) is 0 Å². The van der Waals surface area contributed by atoms with Crippen LogP contribution in [-0.2, 0) is 38.1 Å². The Morgan fingerprint density at radius 3 is 1.71 bits per heavy atom. The minimum Gasteiger partial charge on any atom is -0.468 e. The highest BCUT2D eigenvalue weighted by Crippen LogP contribution is 2.38. The molecule has 0 radical (unpaired) electrons. The van der Waals surface area contributed by atoms with Gasteiger partial charge in [0.1, 0.15) is 0 Å². The van der Waals surface area contributed by atoms with Crippen molar-refractivity contribution in [3.8, 4) is 11.8 Å². The highest BCUT2D eigenvalue weighted by Gasteiger charge is 2.56. The number of methoxy groups -OCH3 is 4. The van der Waals surface area contributed by atoms with E-state index in [4.69, 9.17) is 20.3 Å². The van der Waals surface area contributed by atoms with Crippen molar-refractivity contribution in [1.82, 2.24) is 0 Å². The maximum absolute atomic E-state index is 13.3. The lowest BCUT2D eigenvalue weighted by Crippen LogP contribution is -2.47. The molecule has 0 atom stereocenters. The first kappa shape index (κ1) is 24.3. The minimum atomic E-state index is -3.03. The van der Waals surface area contributed by atoms with Crippen LogP contribution in [0.1, 0.15) is 12.5 Å². The molecule has 0 aliphatic carbocycles. The van der Waals surface area contributed by atoms with Gasteiger partial charge in [0.05, 0.1) is 29.8 Å².